The maximum Gasteiger partial charge on any atom is 0.237 e. The van der Waals surface area contributed by atoms with Crippen LogP contribution in [-0.4, -0.2) is 28.0 Å². The Labute approximate surface area is 120 Å². The normalized spacial score (nSPS) is 17.7. The molecule has 1 aliphatic rings. The van der Waals surface area contributed by atoms with E-state index in [4.69, 9.17) is 0 Å². The smallest absolute Gasteiger partial charge is 0.237 e. The number of hydrogen-bond donors (Lipinski definition) is 2. The molecule has 1 aliphatic carbocycles. The number of aromatic nitrogens is 2. The molecule has 1 unspecified atom stereocenters. The summed E-state index contributed by atoms with van der Waals surface area (Å²) < 4.78 is 0. The summed E-state index contributed by atoms with van der Waals surface area (Å²) in [5, 5.41) is 6.32. The Bertz CT molecular complexity index is 426. The molecule has 110 valence electrons. The first-order valence-electron chi connectivity index (χ1n) is 7.46. The number of amides is 1. The van der Waals surface area contributed by atoms with Gasteiger partial charge in [-0.1, -0.05) is 19.3 Å². The Kier molecular flexibility index (Phi) is 5.47. The van der Waals surface area contributed by atoms with Gasteiger partial charge in [0.2, 0.25) is 5.91 Å². The molecule has 2 rings (SSSR count). The van der Waals surface area contributed by atoms with Crippen LogP contribution < -0.4 is 10.6 Å². The zero-order chi connectivity index (χ0) is 14.4. The van der Waals surface area contributed by atoms with Gasteiger partial charge in [-0.2, -0.15) is 0 Å². The first-order valence-corrected chi connectivity index (χ1v) is 7.46. The average Bonchev–Trinajstić information content (AvgIpc) is 2.47. The van der Waals surface area contributed by atoms with Gasteiger partial charge >= 0.3 is 0 Å². The summed E-state index contributed by atoms with van der Waals surface area (Å²) in [5.74, 6) is 0.0805. The predicted octanol–water partition coefficient (Wildman–Crippen LogP) is 1.71. The molecule has 0 aliphatic heterocycles. The van der Waals surface area contributed by atoms with Gasteiger partial charge in [0.05, 0.1) is 17.4 Å². The van der Waals surface area contributed by atoms with Crippen LogP contribution in [0.15, 0.2) is 12.4 Å². The molecule has 20 heavy (non-hydrogen) atoms. The summed E-state index contributed by atoms with van der Waals surface area (Å²) in [7, 11) is 0. The monoisotopic (exact) mass is 276 g/mol. The Morgan fingerprint density at radius 3 is 2.70 bits per heavy atom. The standard InChI is InChI=1S/C15H24N4O/c1-11-8-18-14(9-16-11)10-17-12(2)15(20)19-13-6-4-3-5-7-13/h8-9,12-13,17H,3-7,10H2,1-2H3,(H,19,20). The lowest BCUT2D eigenvalue weighted by molar-refractivity contribution is -0.123. The van der Waals surface area contributed by atoms with E-state index in [-0.39, 0.29) is 11.9 Å². The molecule has 5 heteroatoms. The fourth-order valence-corrected chi connectivity index (χ4v) is 2.43. The van der Waals surface area contributed by atoms with E-state index in [9.17, 15) is 4.79 Å². The van der Waals surface area contributed by atoms with Gasteiger partial charge in [-0.25, -0.2) is 0 Å². The fourth-order valence-electron chi connectivity index (χ4n) is 2.43. The number of rotatable bonds is 5. The van der Waals surface area contributed by atoms with Crippen LogP contribution in [0.5, 0.6) is 0 Å². The Hall–Kier alpha value is -1.49. The summed E-state index contributed by atoms with van der Waals surface area (Å²) in [5.41, 5.74) is 1.75. The van der Waals surface area contributed by atoms with Crippen molar-refractivity contribution in [2.75, 3.05) is 0 Å². The lowest BCUT2D eigenvalue weighted by atomic mass is 9.95. The quantitative estimate of drug-likeness (QED) is 0.859. The van der Waals surface area contributed by atoms with Crippen molar-refractivity contribution >= 4 is 5.91 Å². The van der Waals surface area contributed by atoms with Crippen molar-refractivity contribution in [2.45, 2.75) is 64.6 Å². The van der Waals surface area contributed by atoms with Crippen molar-refractivity contribution in [1.82, 2.24) is 20.6 Å². The maximum absolute atomic E-state index is 12.1. The number of nitrogens with zero attached hydrogens (tertiary/aromatic N) is 2. The lowest BCUT2D eigenvalue weighted by Crippen LogP contribution is -2.46. The van der Waals surface area contributed by atoms with E-state index in [0.29, 0.717) is 12.6 Å². The van der Waals surface area contributed by atoms with E-state index >= 15 is 0 Å². The molecule has 1 saturated carbocycles. The van der Waals surface area contributed by atoms with E-state index in [1.807, 2.05) is 13.8 Å². The molecule has 0 radical (unpaired) electrons. The van der Waals surface area contributed by atoms with E-state index in [0.717, 1.165) is 24.2 Å². The summed E-state index contributed by atoms with van der Waals surface area (Å²) in [6.07, 6.45) is 9.46. The molecule has 1 atom stereocenters. The van der Waals surface area contributed by atoms with E-state index in [1.54, 1.807) is 12.4 Å². The molecule has 1 heterocycles. The van der Waals surface area contributed by atoms with Gasteiger partial charge in [0.15, 0.2) is 0 Å². The largest absolute Gasteiger partial charge is 0.352 e. The third kappa shape index (κ3) is 4.56. The molecule has 0 spiro atoms. The highest BCUT2D eigenvalue weighted by molar-refractivity contribution is 5.81. The first-order chi connectivity index (χ1) is 9.65. The van der Waals surface area contributed by atoms with Crippen LogP contribution in [0.1, 0.15) is 50.4 Å². The second kappa shape index (κ2) is 7.33. The van der Waals surface area contributed by atoms with Gasteiger partial charge in [-0.3, -0.25) is 14.8 Å². The summed E-state index contributed by atoms with van der Waals surface area (Å²) >= 11 is 0. The van der Waals surface area contributed by atoms with Crippen LogP contribution in [0, 0.1) is 6.92 Å². The van der Waals surface area contributed by atoms with Gasteiger partial charge in [-0.05, 0) is 26.7 Å². The second-order valence-corrected chi connectivity index (χ2v) is 5.60. The van der Waals surface area contributed by atoms with Crippen LogP contribution in [0.3, 0.4) is 0 Å². The minimum absolute atomic E-state index is 0.0805. The van der Waals surface area contributed by atoms with Crippen molar-refractivity contribution < 1.29 is 4.79 Å². The Balaban J connectivity index is 1.74. The number of nitrogens with one attached hydrogen (secondary N) is 2. The van der Waals surface area contributed by atoms with Crippen LogP contribution in [0.25, 0.3) is 0 Å². The zero-order valence-corrected chi connectivity index (χ0v) is 12.4. The highest BCUT2D eigenvalue weighted by Crippen LogP contribution is 2.17. The van der Waals surface area contributed by atoms with Crippen molar-refractivity contribution in [1.29, 1.82) is 0 Å². The number of hydrogen-bond acceptors (Lipinski definition) is 4. The molecule has 0 bridgehead atoms. The zero-order valence-electron chi connectivity index (χ0n) is 12.4. The van der Waals surface area contributed by atoms with Gasteiger partial charge in [-0.15, -0.1) is 0 Å². The van der Waals surface area contributed by atoms with Crippen LogP contribution in [-0.2, 0) is 11.3 Å². The van der Waals surface area contributed by atoms with Crippen molar-refractivity contribution in [3.05, 3.63) is 23.8 Å². The van der Waals surface area contributed by atoms with Crippen molar-refractivity contribution in [2.24, 2.45) is 0 Å². The molecule has 0 aromatic carbocycles. The van der Waals surface area contributed by atoms with E-state index in [2.05, 4.69) is 20.6 Å². The summed E-state index contributed by atoms with van der Waals surface area (Å²) in [4.78, 5) is 20.5. The molecule has 2 N–H and O–H groups in total. The highest BCUT2D eigenvalue weighted by Gasteiger charge is 2.19. The van der Waals surface area contributed by atoms with Gasteiger partial charge < -0.3 is 10.6 Å². The first kappa shape index (κ1) is 14.9. The van der Waals surface area contributed by atoms with Gasteiger partial charge in [0.25, 0.3) is 0 Å². The van der Waals surface area contributed by atoms with Crippen LogP contribution in [0.4, 0.5) is 0 Å². The van der Waals surface area contributed by atoms with E-state index in [1.165, 1.54) is 19.3 Å². The maximum atomic E-state index is 12.1. The molecule has 1 amide bonds. The Morgan fingerprint density at radius 1 is 1.30 bits per heavy atom. The number of carbonyl (C=O) groups is 1. The fraction of sp³-hybridized carbons (Fsp3) is 0.667. The van der Waals surface area contributed by atoms with E-state index < -0.39 is 0 Å². The van der Waals surface area contributed by atoms with Crippen molar-refractivity contribution in [3.63, 3.8) is 0 Å². The molecule has 0 saturated heterocycles. The minimum Gasteiger partial charge on any atom is -0.352 e. The molecular weight excluding hydrogens is 252 g/mol. The SMILES string of the molecule is Cc1cnc(CNC(C)C(=O)NC2CCCCC2)cn1. The lowest BCUT2D eigenvalue weighted by Gasteiger charge is -2.24. The summed E-state index contributed by atoms with van der Waals surface area (Å²) in [6.45, 7) is 4.36. The second-order valence-electron chi connectivity index (χ2n) is 5.60. The molecule has 5 nitrogen and oxygen atoms in total. The van der Waals surface area contributed by atoms with Crippen LogP contribution in [0.2, 0.25) is 0 Å². The Morgan fingerprint density at radius 2 is 2.05 bits per heavy atom. The molecule has 1 aromatic rings. The molecule has 1 aromatic heterocycles. The minimum atomic E-state index is -0.208. The van der Waals surface area contributed by atoms with Crippen LogP contribution >= 0.6 is 0 Å². The topological polar surface area (TPSA) is 66.9 Å². The van der Waals surface area contributed by atoms with Gasteiger partial charge in [0.1, 0.15) is 0 Å². The highest BCUT2D eigenvalue weighted by atomic mass is 16.2. The molecule has 1 fully saturated rings. The number of aryl methyl sites for hydroxylation is 1. The third-order valence-corrected chi connectivity index (χ3v) is 3.77. The summed E-state index contributed by atoms with van der Waals surface area (Å²) in [6, 6.07) is 0.152. The number of carbonyl (C=O) groups excluding carboxylic acids is 1. The van der Waals surface area contributed by atoms with Gasteiger partial charge in [0, 0.05) is 25.0 Å². The van der Waals surface area contributed by atoms with Crippen molar-refractivity contribution in [3.8, 4) is 0 Å². The predicted molar refractivity (Wildman–Crippen MR) is 78.1 cm³/mol. The molecular formula is C15H24N4O. The third-order valence-electron chi connectivity index (χ3n) is 3.77. The average molecular weight is 276 g/mol.